The summed E-state index contributed by atoms with van der Waals surface area (Å²) in [5.74, 6) is -1.34. The van der Waals surface area contributed by atoms with E-state index in [2.05, 4.69) is 38.3 Å². The molecule has 4 heteroatoms. The summed E-state index contributed by atoms with van der Waals surface area (Å²) in [6.07, 6.45) is 3.31. The highest BCUT2D eigenvalue weighted by atomic mass is 16.2. The summed E-state index contributed by atoms with van der Waals surface area (Å²) in [7, 11) is 0. The van der Waals surface area contributed by atoms with Crippen molar-refractivity contribution < 1.29 is 9.59 Å². The molecule has 0 saturated heterocycles. The number of rotatable bonds is 5. The zero-order valence-electron chi connectivity index (χ0n) is 16.1. The normalized spacial score (nSPS) is 11.1. The SMILES string of the molecule is CCCCc1ccc(NC(=O)C(=O)Nc2ccccc2C(C)(C)C)cc1. The summed E-state index contributed by atoms with van der Waals surface area (Å²) in [4.78, 5) is 24.5. The van der Waals surface area contributed by atoms with E-state index >= 15 is 0 Å². The highest BCUT2D eigenvalue weighted by molar-refractivity contribution is 6.43. The number of unbranched alkanes of at least 4 members (excludes halogenated alkanes) is 1. The third kappa shape index (κ3) is 5.45. The standard InChI is InChI=1S/C22H28N2O2/c1-5-6-9-16-12-14-17(15-13-16)23-20(25)21(26)24-19-11-8-7-10-18(19)22(2,3)4/h7-8,10-15H,5-6,9H2,1-4H3,(H,23,25)(H,24,26). The van der Waals surface area contributed by atoms with E-state index in [1.165, 1.54) is 5.56 Å². The van der Waals surface area contributed by atoms with Crippen molar-refractivity contribution in [3.8, 4) is 0 Å². The van der Waals surface area contributed by atoms with E-state index in [1.807, 2.05) is 48.5 Å². The lowest BCUT2D eigenvalue weighted by molar-refractivity contribution is -0.133. The number of amides is 2. The lowest BCUT2D eigenvalue weighted by Gasteiger charge is -2.22. The van der Waals surface area contributed by atoms with Gasteiger partial charge < -0.3 is 10.6 Å². The molecule has 4 nitrogen and oxygen atoms in total. The van der Waals surface area contributed by atoms with Gasteiger partial charge in [-0.15, -0.1) is 0 Å². The Hall–Kier alpha value is -2.62. The van der Waals surface area contributed by atoms with Crippen molar-refractivity contribution in [3.63, 3.8) is 0 Å². The monoisotopic (exact) mass is 352 g/mol. The Morgan fingerprint density at radius 1 is 0.885 bits per heavy atom. The van der Waals surface area contributed by atoms with Crippen LogP contribution < -0.4 is 10.6 Å². The number of carbonyl (C=O) groups excluding carboxylic acids is 2. The van der Waals surface area contributed by atoms with Gasteiger partial charge in [0.25, 0.3) is 0 Å². The minimum absolute atomic E-state index is 0.130. The molecular weight excluding hydrogens is 324 g/mol. The van der Waals surface area contributed by atoms with Gasteiger partial charge >= 0.3 is 11.8 Å². The molecule has 0 radical (unpaired) electrons. The first-order chi connectivity index (χ1) is 12.3. The highest BCUT2D eigenvalue weighted by Crippen LogP contribution is 2.29. The summed E-state index contributed by atoms with van der Waals surface area (Å²) >= 11 is 0. The Bertz CT molecular complexity index is 758. The Labute approximate surface area is 156 Å². The van der Waals surface area contributed by atoms with Crippen molar-refractivity contribution in [2.75, 3.05) is 10.6 Å². The molecule has 0 bridgehead atoms. The Morgan fingerprint density at radius 3 is 2.12 bits per heavy atom. The zero-order valence-corrected chi connectivity index (χ0v) is 16.1. The van der Waals surface area contributed by atoms with Crippen molar-refractivity contribution in [1.82, 2.24) is 0 Å². The van der Waals surface area contributed by atoms with E-state index in [4.69, 9.17) is 0 Å². The molecule has 0 heterocycles. The minimum atomic E-state index is -0.671. The number of hydrogen-bond acceptors (Lipinski definition) is 2. The van der Waals surface area contributed by atoms with Crippen LogP contribution in [0.2, 0.25) is 0 Å². The number of aryl methyl sites for hydroxylation is 1. The fourth-order valence-corrected chi connectivity index (χ4v) is 2.75. The van der Waals surface area contributed by atoms with Crippen LogP contribution in [-0.4, -0.2) is 11.8 Å². The van der Waals surface area contributed by atoms with Crippen LogP contribution in [0, 0.1) is 0 Å². The maximum atomic E-state index is 12.3. The van der Waals surface area contributed by atoms with Crippen LogP contribution in [0.3, 0.4) is 0 Å². The third-order valence-corrected chi connectivity index (χ3v) is 4.22. The molecule has 26 heavy (non-hydrogen) atoms. The van der Waals surface area contributed by atoms with Crippen molar-refractivity contribution in [2.45, 2.75) is 52.4 Å². The molecule has 0 aliphatic rings. The summed E-state index contributed by atoms with van der Waals surface area (Å²) in [6.45, 7) is 8.36. The first-order valence-corrected chi connectivity index (χ1v) is 9.12. The molecule has 0 fully saturated rings. The first-order valence-electron chi connectivity index (χ1n) is 9.12. The molecule has 0 spiro atoms. The van der Waals surface area contributed by atoms with Crippen LogP contribution in [0.5, 0.6) is 0 Å². The van der Waals surface area contributed by atoms with Crippen molar-refractivity contribution in [1.29, 1.82) is 0 Å². The van der Waals surface area contributed by atoms with Crippen LogP contribution in [0.4, 0.5) is 11.4 Å². The number of benzene rings is 2. The van der Waals surface area contributed by atoms with Crippen LogP contribution in [0.25, 0.3) is 0 Å². The number of para-hydroxylation sites is 1. The number of anilines is 2. The average Bonchev–Trinajstić information content (AvgIpc) is 2.60. The molecule has 0 atom stereocenters. The minimum Gasteiger partial charge on any atom is -0.318 e. The average molecular weight is 352 g/mol. The summed E-state index contributed by atoms with van der Waals surface area (Å²) in [5.41, 5.74) is 3.37. The predicted molar refractivity (Wildman–Crippen MR) is 107 cm³/mol. The zero-order chi connectivity index (χ0) is 19.2. The molecule has 2 aromatic carbocycles. The van der Waals surface area contributed by atoms with E-state index in [0.29, 0.717) is 11.4 Å². The van der Waals surface area contributed by atoms with E-state index in [0.717, 1.165) is 24.8 Å². The first kappa shape index (κ1) is 19.7. The summed E-state index contributed by atoms with van der Waals surface area (Å²) < 4.78 is 0. The van der Waals surface area contributed by atoms with Gasteiger partial charge in [0, 0.05) is 11.4 Å². The van der Waals surface area contributed by atoms with Gasteiger partial charge in [0.2, 0.25) is 0 Å². The topological polar surface area (TPSA) is 58.2 Å². The quantitative estimate of drug-likeness (QED) is 0.752. The fraction of sp³-hybridized carbons (Fsp3) is 0.364. The largest absolute Gasteiger partial charge is 0.318 e. The maximum absolute atomic E-state index is 12.3. The highest BCUT2D eigenvalue weighted by Gasteiger charge is 2.21. The van der Waals surface area contributed by atoms with Crippen LogP contribution >= 0.6 is 0 Å². The molecule has 0 aromatic heterocycles. The summed E-state index contributed by atoms with van der Waals surface area (Å²) in [5, 5.41) is 5.38. The second kappa shape index (κ2) is 8.65. The molecule has 0 unspecified atom stereocenters. The predicted octanol–water partition coefficient (Wildman–Crippen LogP) is 4.90. The van der Waals surface area contributed by atoms with E-state index in [-0.39, 0.29) is 5.41 Å². The molecule has 138 valence electrons. The smallest absolute Gasteiger partial charge is 0.314 e. The van der Waals surface area contributed by atoms with E-state index < -0.39 is 11.8 Å². The van der Waals surface area contributed by atoms with Gasteiger partial charge in [0.15, 0.2) is 0 Å². The lowest BCUT2D eigenvalue weighted by Crippen LogP contribution is -2.30. The van der Waals surface area contributed by atoms with Gasteiger partial charge in [-0.05, 0) is 47.6 Å². The van der Waals surface area contributed by atoms with Crippen molar-refractivity contribution in [2.24, 2.45) is 0 Å². The fourth-order valence-electron chi connectivity index (χ4n) is 2.75. The summed E-state index contributed by atoms with van der Waals surface area (Å²) in [6, 6.07) is 15.2. The van der Waals surface area contributed by atoms with E-state index in [1.54, 1.807) is 0 Å². The van der Waals surface area contributed by atoms with Gasteiger partial charge in [-0.25, -0.2) is 0 Å². The molecule has 0 aliphatic carbocycles. The Balaban J connectivity index is 2.01. The van der Waals surface area contributed by atoms with E-state index in [9.17, 15) is 9.59 Å². The Morgan fingerprint density at radius 2 is 1.50 bits per heavy atom. The molecule has 2 rings (SSSR count). The van der Waals surface area contributed by atoms with Crippen LogP contribution in [0.1, 0.15) is 51.7 Å². The molecule has 0 aliphatic heterocycles. The number of nitrogens with one attached hydrogen (secondary N) is 2. The number of hydrogen-bond donors (Lipinski definition) is 2. The second-order valence-corrected chi connectivity index (χ2v) is 7.50. The maximum Gasteiger partial charge on any atom is 0.314 e. The molecular formula is C22H28N2O2. The molecule has 2 aromatic rings. The number of carbonyl (C=O) groups is 2. The van der Waals surface area contributed by atoms with Gasteiger partial charge in [0.05, 0.1) is 0 Å². The van der Waals surface area contributed by atoms with Gasteiger partial charge in [-0.1, -0.05) is 64.4 Å². The van der Waals surface area contributed by atoms with Gasteiger partial charge in [0.1, 0.15) is 0 Å². The van der Waals surface area contributed by atoms with Crippen molar-refractivity contribution >= 4 is 23.2 Å². The molecule has 2 N–H and O–H groups in total. The van der Waals surface area contributed by atoms with Crippen LogP contribution in [0.15, 0.2) is 48.5 Å². The lowest BCUT2D eigenvalue weighted by atomic mass is 9.86. The molecule has 2 amide bonds. The van der Waals surface area contributed by atoms with Gasteiger partial charge in [-0.2, -0.15) is 0 Å². The molecule has 0 saturated carbocycles. The Kier molecular flexibility index (Phi) is 6.56. The van der Waals surface area contributed by atoms with Crippen LogP contribution in [-0.2, 0) is 21.4 Å². The second-order valence-electron chi connectivity index (χ2n) is 7.50. The third-order valence-electron chi connectivity index (χ3n) is 4.22. The van der Waals surface area contributed by atoms with Gasteiger partial charge in [-0.3, -0.25) is 9.59 Å². The van der Waals surface area contributed by atoms with Crippen molar-refractivity contribution in [3.05, 3.63) is 59.7 Å².